The van der Waals surface area contributed by atoms with Crippen molar-refractivity contribution >= 4 is 35.2 Å². The van der Waals surface area contributed by atoms with E-state index in [0.29, 0.717) is 18.7 Å². The number of carbonyl (C=O) groups is 3. The maximum absolute atomic E-state index is 14.1. The summed E-state index contributed by atoms with van der Waals surface area (Å²) in [7, 11) is 0. The molecule has 9 heteroatoms. The van der Waals surface area contributed by atoms with Crippen LogP contribution in [0.3, 0.4) is 0 Å². The normalized spacial score (nSPS) is 29.9. The summed E-state index contributed by atoms with van der Waals surface area (Å²) in [6.45, 7) is 15.3. The van der Waals surface area contributed by atoms with Gasteiger partial charge in [0.2, 0.25) is 17.7 Å². The second-order valence-electron chi connectivity index (χ2n) is 13.2. The number of likely N-dealkylation sites (tertiary alicyclic amines) is 1. The van der Waals surface area contributed by atoms with Gasteiger partial charge in [0.25, 0.3) is 0 Å². The van der Waals surface area contributed by atoms with E-state index < -0.39 is 28.2 Å². The summed E-state index contributed by atoms with van der Waals surface area (Å²) in [4.78, 5) is 43.5. The zero-order valence-corrected chi connectivity index (χ0v) is 25.2. The van der Waals surface area contributed by atoms with Gasteiger partial charge in [0.1, 0.15) is 11.8 Å². The Morgan fingerprint density at radius 2 is 1.82 bits per heavy atom. The van der Waals surface area contributed by atoms with Crippen LogP contribution in [0.1, 0.15) is 67.7 Å². The highest BCUT2D eigenvalue weighted by atomic mass is 32.2. The Bertz CT molecular complexity index is 1090. The summed E-state index contributed by atoms with van der Waals surface area (Å²) < 4.78 is 4.82. The number of ether oxygens (including phenoxy) is 1. The maximum atomic E-state index is 14.1. The number of nitrogens with one attached hydrogen (secondary N) is 2. The molecule has 4 rings (SSSR count). The highest BCUT2D eigenvalue weighted by molar-refractivity contribution is 8.02. The van der Waals surface area contributed by atoms with Crippen molar-refractivity contribution in [3.8, 4) is 5.75 Å². The molecular weight excluding hydrogens is 514 g/mol. The average Bonchev–Trinajstić information content (AvgIpc) is 3.40. The Morgan fingerprint density at radius 3 is 2.41 bits per heavy atom. The molecule has 1 aromatic carbocycles. The van der Waals surface area contributed by atoms with Crippen molar-refractivity contribution in [2.24, 2.45) is 23.2 Å². The Kier molecular flexibility index (Phi) is 8.35. The number of thioether (sulfide) groups is 1. The smallest absolute Gasteiger partial charge is 0.244 e. The van der Waals surface area contributed by atoms with Crippen LogP contribution in [-0.4, -0.2) is 69.1 Å². The number of anilines is 1. The number of benzene rings is 1. The van der Waals surface area contributed by atoms with Crippen molar-refractivity contribution in [1.29, 1.82) is 0 Å². The molecule has 3 heterocycles. The molecule has 0 saturated carbocycles. The van der Waals surface area contributed by atoms with Crippen molar-refractivity contribution in [2.45, 2.75) is 89.3 Å². The summed E-state index contributed by atoms with van der Waals surface area (Å²) in [6, 6.07) is 6.55. The van der Waals surface area contributed by atoms with E-state index in [4.69, 9.17) is 4.74 Å². The van der Waals surface area contributed by atoms with Crippen molar-refractivity contribution in [1.82, 2.24) is 10.2 Å². The summed E-state index contributed by atoms with van der Waals surface area (Å²) in [5.74, 6) is -0.776. The molecule has 3 unspecified atom stereocenters. The van der Waals surface area contributed by atoms with Crippen LogP contribution in [0.5, 0.6) is 5.75 Å². The number of aliphatic hydroxyl groups excluding tert-OH is 1. The van der Waals surface area contributed by atoms with E-state index in [-0.39, 0.29) is 47.5 Å². The topological polar surface area (TPSA) is 108 Å². The second kappa shape index (κ2) is 11.0. The van der Waals surface area contributed by atoms with Crippen molar-refractivity contribution in [3.63, 3.8) is 0 Å². The minimum Gasteiger partial charge on any atom is -0.494 e. The van der Waals surface area contributed by atoms with Gasteiger partial charge in [0, 0.05) is 29.6 Å². The number of rotatable bonds is 10. The quantitative estimate of drug-likeness (QED) is 0.399. The van der Waals surface area contributed by atoms with Crippen molar-refractivity contribution in [3.05, 3.63) is 24.3 Å². The van der Waals surface area contributed by atoms with Crippen LogP contribution in [0, 0.1) is 23.2 Å². The van der Waals surface area contributed by atoms with Crippen LogP contribution in [-0.2, 0) is 14.4 Å². The zero-order valence-electron chi connectivity index (χ0n) is 24.4. The first-order chi connectivity index (χ1) is 18.2. The molecule has 2 bridgehead atoms. The third-order valence-electron chi connectivity index (χ3n) is 8.22. The fourth-order valence-corrected chi connectivity index (χ4v) is 9.82. The maximum Gasteiger partial charge on any atom is 0.244 e. The lowest BCUT2D eigenvalue weighted by molar-refractivity contribution is -0.139. The van der Waals surface area contributed by atoms with Gasteiger partial charge >= 0.3 is 0 Å². The lowest BCUT2D eigenvalue weighted by atomic mass is 9.65. The molecule has 0 radical (unpaired) electrons. The molecule has 3 N–H and O–H groups in total. The standard InChI is InChI=1S/C30H45N3O5S/c1-8-38-20-12-10-19(11-13-20)31-25(35)22-21-16-18(2)30(39-21)23(22)27(37)33(14-9-15-34)24(30)26(36)32-29(6,7)17-28(3,4)5/h10-13,18,21-24,34H,8-9,14-17H2,1-7H3,(H,31,35)(H,32,36)/t18?,21-,22+,23-,24?,30?/m0/s1. The third-order valence-corrected chi connectivity index (χ3v) is 10.3. The van der Waals surface area contributed by atoms with Crippen LogP contribution in [0.4, 0.5) is 5.69 Å². The summed E-state index contributed by atoms with van der Waals surface area (Å²) in [5, 5.41) is 15.8. The number of amides is 3. The molecule has 6 atom stereocenters. The van der Waals surface area contributed by atoms with Gasteiger partial charge in [0.05, 0.1) is 23.2 Å². The van der Waals surface area contributed by atoms with Crippen LogP contribution in [0.2, 0.25) is 0 Å². The number of hydrogen-bond donors (Lipinski definition) is 3. The van der Waals surface area contributed by atoms with Gasteiger partial charge in [-0.2, -0.15) is 0 Å². The lowest BCUT2D eigenvalue weighted by Crippen LogP contribution is -2.60. The van der Waals surface area contributed by atoms with E-state index in [0.717, 1.165) is 18.6 Å². The molecule has 39 heavy (non-hydrogen) atoms. The lowest BCUT2D eigenvalue weighted by Gasteiger charge is -2.41. The molecule has 3 aliphatic heterocycles. The monoisotopic (exact) mass is 559 g/mol. The summed E-state index contributed by atoms with van der Waals surface area (Å²) in [6.07, 6.45) is 1.94. The molecule has 1 aromatic rings. The molecule has 3 saturated heterocycles. The SMILES string of the molecule is CCOc1ccc(NC(=O)[C@@H]2[C@@H]3CC(C)C4(S3)C(C(=O)NC(C)(C)CC(C)(C)C)N(CCCO)C(=O)[C@H]24)cc1. The molecular formula is C30H45N3O5S. The Labute approximate surface area is 237 Å². The number of hydrogen-bond acceptors (Lipinski definition) is 6. The van der Waals surface area contributed by atoms with Gasteiger partial charge in [-0.15, -0.1) is 11.8 Å². The number of nitrogens with zero attached hydrogens (tertiary/aromatic N) is 1. The molecule has 1 spiro atoms. The van der Waals surface area contributed by atoms with Crippen LogP contribution in [0.15, 0.2) is 24.3 Å². The molecule has 216 valence electrons. The third kappa shape index (κ3) is 5.67. The van der Waals surface area contributed by atoms with Gasteiger partial charge < -0.3 is 25.4 Å². The first kappa shape index (κ1) is 29.7. The van der Waals surface area contributed by atoms with E-state index in [2.05, 4.69) is 38.3 Å². The molecule has 3 aliphatic rings. The predicted molar refractivity (Wildman–Crippen MR) is 155 cm³/mol. The van der Waals surface area contributed by atoms with E-state index in [9.17, 15) is 19.5 Å². The number of aliphatic hydroxyl groups is 1. The van der Waals surface area contributed by atoms with Gasteiger partial charge in [-0.25, -0.2) is 0 Å². The Morgan fingerprint density at radius 1 is 1.15 bits per heavy atom. The minimum atomic E-state index is -0.686. The molecule has 8 nitrogen and oxygen atoms in total. The van der Waals surface area contributed by atoms with Crippen LogP contribution < -0.4 is 15.4 Å². The van der Waals surface area contributed by atoms with Crippen molar-refractivity contribution in [2.75, 3.05) is 25.1 Å². The Balaban J connectivity index is 1.63. The summed E-state index contributed by atoms with van der Waals surface area (Å²) >= 11 is 1.66. The van der Waals surface area contributed by atoms with E-state index in [1.165, 1.54) is 0 Å². The first-order valence-electron chi connectivity index (χ1n) is 14.2. The fraction of sp³-hybridized carbons (Fsp3) is 0.700. The molecule has 0 aromatic heterocycles. The predicted octanol–water partition coefficient (Wildman–Crippen LogP) is 4.07. The first-order valence-corrected chi connectivity index (χ1v) is 15.1. The fourth-order valence-electron chi connectivity index (χ4n) is 7.40. The molecule has 3 fully saturated rings. The second-order valence-corrected chi connectivity index (χ2v) is 14.8. The number of carbonyl (C=O) groups excluding carboxylic acids is 3. The van der Waals surface area contributed by atoms with E-state index in [1.807, 2.05) is 32.9 Å². The highest BCUT2D eigenvalue weighted by Crippen LogP contribution is 2.68. The van der Waals surface area contributed by atoms with Gasteiger partial charge in [-0.1, -0.05) is 27.7 Å². The van der Waals surface area contributed by atoms with Gasteiger partial charge in [-0.3, -0.25) is 14.4 Å². The largest absolute Gasteiger partial charge is 0.494 e. The van der Waals surface area contributed by atoms with E-state index in [1.54, 1.807) is 28.8 Å². The van der Waals surface area contributed by atoms with Crippen LogP contribution >= 0.6 is 11.8 Å². The van der Waals surface area contributed by atoms with E-state index >= 15 is 0 Å². The number of fused-ring (bicyclic) bond motifs is 1. The van der Waals surface area contributed by atoms with Gasteiger partial charge in [-0.05, 0) is 75.6 Å². The Hall–Kier alpha value is -2.26. The van der Waals surface area contributed by atoms with Crippen LogP contribution in [0.25, 0.3) is 0 Å². The molecule has 0 aliphatic carbocycles. The minimum absolute atomic E-state index is 0.0115. The highest BCUT2D eigenvalue weighted by Gasteiger charge is 2.76. The zero-order chi connectivity index (χ0) is 28.8. The van der Waals surface area contributed by atoms with Crippen molar-refractivity contribution < 1.29 is 24.2 Å². The molecule has 3 amide bonds. The summed E-state index contributed by atoms with van der Waals surface area (Å²) in [5.41, 5.74) is 0.196. The van der Waals surface area contributed by atoms with Gasteiger partial charge in [0.15, 0.2) is 0 Å². The average molecular weight is 560 g/mol.